The topological polar surface area (TPSA) is 68.0 Å². The molecule has 0 aliphatic carbocycles. The first-order valence-corrected chi connectivity index (χ1v) is 7.89. The molecule has 5 nitrogen and oxygen atoms in total. The molecular weight excluding hydrogens is 333 g/mol. The normalized spacial score (nSPS) is 11.1. The first kappa shape index (κ1) is 16.1. The van der Waals surface area contributed by atoms with Crippen LogP contribution in [-0.4, -0.2) is 31.6 Å². The number of hydrogen-bond donors (Lipinski definition) is 1. The number of aromatic nitrogens is 3. The van der Waals surface area contributed by atoms with Gasteiger partial charge in [0.05, 0.1) is 11.4 Å². The van der Waals surface area contributed by atoms with E-state index in [1.54, 1.807) is 22.8 Å². The highest BCUT2D eigenvalue weighted by Crippen LogP contribution is 2.29. The van der Waals surface area contributed by atoms with Gasteiger partial charge in [0.25, 0.3) is 0 Å². The number of benzene rings is 1. The minimum absolute atomic E-state index is 0.0927. The molecule has 0 fully saturated rings. The van der Waals surface area contributed by atoms with E-state index in [2.05, 4.69) is 10.2 Å². The van der Waals surface area contributed by atoms with Crippen molar-refractivity contribution < 1.29 is 9.90 Å². The van der Waals surface area contributed by atoms with Gasteiger partial charge in [-0.25, -0.2) is 0 Å². The van der Waals surface area contributed by atoms with E-state index in [1.807, 2.05) is 13.8 Å². The number of rotatable bonds is 5. The first-order valence-electron chi connectivity index (χ1n) is 6.15. The van der Waals surface area contributed by atoms with E-state index in [1.165, 1.54) is 0 Å². The Morgan fingerprint density at radius 2 is 1.90 bits per heavy atom. The fourth-order valence-corrected chi connectivity index (χ4v) is 2.98. The summed E-state index contributed by atoms with van der Waals surface area (Å²) in [6, 6.07) is 5.12. The molecule has 8 heteroatoms. The number of hydrogen-bond acceptors (Lipinski definition) is 4. The van der Waals surface area contributed by atoms with Gasteiger partial charge < -0.3 is 5.11 Å². The van der Waals surface area contributed by atoms with E-state index in [-0.39, 0.29) is 11.7 Å². The summed E-state index contributed by atoms with van der Waals surface area (Å²) in [6.07, 6.45) is 0. The summed E-state index contributed by atoms with van der Waals surface area (Å²) in [4.78, 5) is 10.7. The van der Waals surface area contributed by atoms with E-state index in [0.29, 0.717) is 20.9 Å². The van der Waals surface area contributed by atoms with Gasteiger partial charge in [-0.2, -0.15) is 0 Å². The van der Waals surface area contributed by atoms with Crippen LogP contribution in [-0.2, 0) is 4.79 Å². The van der Waals surface area contributed by atoms with Crippen LogP contribution in [0.1, 0.15) is 25.6 Å². The number of carbonyl (C=O) groups is 1. The van der Waals surface area contributed by atoms with Gasteiger partial charge in [-0.3, -0.25) is 9.36 Å². The highest BCUT2D eigenvalue weighted by Gasteiger charge is 2.18. The van der Waals surface area contributed by atoms with Crippen LogP contribution in [0.5, 0.6) is 0 Å². The van der Waals surface area contributed by atoms with Crippen molar-refractivity contribution in [2.24, 2.45) is 0 Å². The second-order valence-electron chi connectivity index (χ2n) is 4.64. The van der Waals surface area contributed by atoms with Crippen molar-refractivity contribution in [2.75, 3.05) is 5.75 Å². The quantitative estimate of drug-likeness (QED) is 0.833. The lowest BCUT2D eigenvalue weighted by atomic mass is 10.2. The lowest BCUT2D eigenvalue weighted by molar-refractivity contribution is -0.133. The fourth-order valence-electron chi connectivity index (χ4n) is 1.79. The molecule has 0 bridgehead atoms. The number of nitrogens with zero attached hydrogens (tertiary/aromatic N) is 3. The molecule has 2 rings (SSSR count). The van der Waals surface area contributed by atoms with Gasteiger partial charge in [0.1, 0.15) is 5.82 Å². The third kappa shape index (κ3) is 3.90. The Hall–Kier alpha value is -1.24. The molecule has 1 aromatic heterocycles. The van der Waals surface area contributed by atoms with Gasteiger partial charge in [0.15, 0.2) is 5.16 Å². The van der Waals surface area contributed by atoms with Crippen LogP contribution < -0.4 is 0 Å². The van der Waals surface area contributed by atoms with Crippen LogP contribution in [0.15, 0.2) is 23.4 Å². The van der Waals surface area contributed by atoms with Crippen LogP contribution in [0.4, 0.5) is 0 Å². The number of thioether (sulfide) groups is 1. The largest absolute Gasteiger partial charge is 0.481 e. The van der Waals surface area contributed by atoms with Gasteiger partial charge in [0.2, 0.25) is 0 Å². The van der Waals surface area contributed by atoms with Gasteiger partial charge >= 0.3 is 5.97 Å². The number of aliphatic carboxylic acids is 1. The fraction of sp³-hybridized carbons (Fsp3) is 0.308. The van der Waals surface area contributed by atoms with Crippen LogP contribution in [0.25, 0.3) is 5.69 Å². The van der Waals surface area contributed by atoms with Gasteiger partial charge in [0, 0.05) is 16.0 Å². The second kappa shape index (κ2) is 6.68. The van der Waals surface area contributed by atoms with E-state index in [9.17, 15) is 4.79 Å². The van der Waals surface area contributed by atoms with E-state index >= 15 is 0 Å². The Balaban J connectivity index is 2.52. The Labute approximate surface area is 136 Å². The first-order chi connectivity index (χ1) is 9.88. The summed E-state index contributed by atoms with van der Waals surface area (Å²) >= 11 is 13.2. The second-order valence-corrected chi connectivity index (χ2v) is 6.46. The molecule has 0 radical (unpaired) electrons. The average molecular weight is 346 g/mol. The Kier molecular flexibility index (Phi) is 5.13. The zero-order chi connectivity index (χ0) is 15.6. The zero-order valence-corrected chi connectivity index (χ0v) is 13.7. The van der Waals surface area contributed by atoms with Crippen molar-refractivity contribution in [3.8, 4) is 5.69 Å². The third-order valence-corrected chi connectivity index (χ3v) is 3.96. The maximum absolute atomic E-state index is 10.7. The Bertz CT molecular complexity index is 653. The van der Waals surface area contributed by atoms with Crippen molar-refractivity contribution >= 4 is 40.9 Å². The lowest BCUT2D eigenvalue weighted by Crippen LogP contribution is -2.06. The average Bonchev–Trinajstić information content (AvgIpc) is 2.78. The summed E-state index contributed by atoms with van der Waals surface area (Å²) < 4.78 is 1.79. The van der Waals surface area contributed by atoms with Gasteiger partial charge in [-0.05, 0) is 18.2 Å². The molecule has 1 aromatic carbocycles. The highest BCUT2D eigenvalue weighted by molar-refractivity contribution is 7.99. The summed E-state index contributed by atoms with van der Waals surface area (Å²) in [5, 5.41) is 18.5. The minimum Gasteiger partial charge on any atom is -0.481 e. The molecule has 0 atom stereocenters. The number of carboxylic acids is 1. The summed E-state index contributed by atoms with van der Waals surface area (Å²) in [6.45, 7) is 3.97. The molecule has 1 heterocycles. The minimum atomic E-state index is -0.912. The Morgan fingerprint density at radius 3 is 2.43 bits per heavy atom. The maximum atomic E-state index is 10.7. The molecule has 112 valence electrons. The molecule has 0 amide bonds. The van der Waals surface area contributed by atoms with Crippen LogP contribution in [0, 0.1) is 0 Å². The van der Waals surface area contributed by atoms with E-state index < -0.39 is 5.97 Å². The van der Waals surface area contributed by atoms with Crippen LogP contribution >= 0.6 is 35.0 Å². The number of halogens is 2. The molecule has 0 saturated heterocycles. The van der Waals surface area contributed by atoms with Gasteiger partial charge in [-0.15, -0.1) is 10.2 Å². The van der Waals surface area contributed by atoms with Crippen LogP contribution in [0.2, 0.25) is 10.0 Å². The molecule has 0 spiro atoms. The highest BCUT2D eigenvalue weighted by atomic mass is 35.5. The molecule has 1 N–H and O–H groups in total. The van der Waals surface area contributed by atoms with E-state index in [4.69, 9.17) is 28.3 Å². The monoisotopic (exact) mass is 345 g/mol. The van der Waals surface area contributed by atoms with Crippen LogP contribution in [0.3, 0.4) is 0 Å². The molecular formula is C13H13Cl2N3O2S. The van der Waals surface area contributed by atoms with Crippen molar-refractivity contribution in [3.63, 3.8) is 0 Å². The molecule has 0 aliphatic rings. The Morgan fingerprint density at radius 1 is 1.29 bits per heavy atom. The molecule has 0 unspecified atom stereocenters. The van der Waals surface area contributed by atoms with Crippen molar-refractivity contribution in [2.45, 2.75) is 24.9 Å². The summed E-state index contributed by atoms with van der Waals surface area (Å²) in [7, 11) is 0. The van der Waals surface area contributed by atoms with Crippen molar-refractivity contribution in [1.29, 1.82) is 0 Å². The van der Waals surface area contributed by atoms with Gasteiger partial charge in [-0.1, -0.05) is 48.8 Å². The van der Waals surface area contributed by atoms with Crippen molar-refractivity contribution in [1.82, 2.24) is 14.8 Å². The standard InChI is InChI=1S/C13H13Cl2N3O2S/c1-7(2)12-16-17-13(21-6-11(19)20)18(12)10-4-8(14)3-9(15)5-10/h3-5,7H,6H2,1-2H3,(H,19,20). The zero-order valence-electron chi connectivity index (χ0n) is 11.4. The van der Waals surface area contributed by atoms with Crippen molar-refractivity contribution in [3.05, 3.63) is 34.1 Å². The molecule has 0 aliphatic heterocycles. The SMILES string of the molecule is CC(C)c1nnc(SCC(=O)O)n1-c1cc(Cl)cc(Cl)c1. The molecule has 0 saturated carbocycles. The third-order valence-electron chi connectivity index (χ3n) is 2.61. The van der Waals surface area contributed by atoms with E-state index in [0.717, 1.165) is 17.6 Å². The summed E-state index contributed by atoms with van der Waals surface area (Å²) in [5.41, 5.74) is 0.717. The lowest BCUT2D eigenvalue weighted by Gasteiger charge is -2.12. The smallest absolute Gasteiger partial charge is 0.313 e. The predicted octanol–water partition coefficient (Wildman–Crippen LogP) is 3.87. The number of carboxylic acid groups (broad SMARTS) is 1. The maximum Gasteiger partial charge on any atom is 0.313 e. The predicted molar refractivity (Wildman–Crippen MR) is 83.8 cm³/mol. The molecule has 2 aromatic rings. The molecule has 21 heavy (non-hydrogen) atoms. The summed E-state index contributed by atoms with van der Waals surface area (Å²) in [5.74, 6) is -0.162.